The Morgan fingerprint density at radius 1 is 1.23 bits per heavy atom. The number of pyridine rings is 1. The van der Waals surface area contributed by atoms with Gasteiger partial charge in [-0.25, -0.2) is 9.78 Å². The average molecular weight is 447 g/mol. The second-order valence-corrected chi connectivity index (χ2v) is 6.83. The Labute approximate surface area is 176 Å². The first-order valence-corrected chi connectivity index (χ1v) is 9.49. The number of nitrogens with one attached hydrogen (secondary N) is 2. The fourth-order valence-electron chi connectivity index (χ4n) is 2.77. The summed E-state index contributed by atoms with van der Waals surface area (Å²) in [5.74, 6) is -0.641. The standard InChI is InChI=1S/C19H22ClF3N4O3/c1-4-30-18(29)14-7-11(2)27(12(14)3)10-16(28)24-5-6-25-17-15(20)8-13(9-26-17)19(21,22)23/h7-9H,4-6,10H2,1-3H3,(H,24,28)(H,25,26). The molecule has 2 heterocycles. The van der Waals surface area contributed by atoms with E-state index < -0.39 is 17.7 Å². The number of carbonyl (C=O) groups excluding carboxylic acids is 2. The van der Waals surface area contributed by atoms with Crippen LogP contribution in [0.2, 0.25) is 5.02 Å². The number of rotatable bonds is 8. The number of aromatic nitrogens is 2. The zero-order valence-corrected chi connectivity index (χ0v) is 17.4. The lowest BCUT2D eigenvalue weighted by molar-refractivity contribution is -0.137. The molecule has 1 amide bonds. The molecular formula is C19H22ClF3N4O3. The molecule has 0 saturated heterocycles. The van der Waals surface area contributed by atoms with E-state index in [0.717, 1.165) is 11.8 Å². The summed E-state index contributed by atoms with van der Waals surface area (Å²) in [6.45, 7) is 5.90. The van der Waals surface area contributed by atoms with Crippen molar-refractivity contribution in [2.75, 3.05) is 25.0 Å². The van der Waals surface area contributed by atoms with Gasteiger partial charge in [0.25, 0.3) is 0 Å². The quantitative estimate of drug-likeness (QED) is 0.478. The SMILES string of the molecule is CCOC(=O)c1cc(C)n(CC(=O)NCCNc2ncc(C(F)(F)F)cc2Cl)c1C. The van der Waals surface area contributed by atoms with Crippen LogP contribution in [-0.4, -0.2) is 41.1 Å². The minimum atomic E-state index is -4.52. The Morgan fingerprint density at radius 3 is 2.53 bits per heavy atom. The van der Waals surface area contributed by atoms with Crippen LogP contribution in [0.4, 0.5) is 19.0 Å². The lowest BCUT2D eigenvalue weighted by atomic mass is 10.2. The molecule has 164 valence electrons. The summed E-state index contributed by atoms with van der Waals surface area (Å²) in [7, 11) is 0. The number of esters is 1. The maximum Gasteiger partial charge on any atom is 0.417 e. The van der Waals surface area contributed by atoms with Crippen molar-refractivity contribution in [2.24, 2.45) is 0 Å². The summed E-state index contributed by atoms with van der Waals surface area (Å²) in [5.41, 5.74) is 0.836. The molecule has 11 heteroatoms. The van der Waals surface area contributed by atoms with Gasteiger partial charge in [0.05, 0.1) is 22.8 Å². The smallest absolute Gasteiger partial charge is 0.417 e. The number of aryl methyl sites for hydroxylation is 1. The molecule has 0 aliphatic heterocycles. The first-order valence-electron chi connectivity index (χ1n) is 9.11. The van der Waals surface area contributed by atoms with Gasteiger partial charge in [0.15, 0.2) is 0 Å². The van der Waals surface area contributed by atoms with Gasteiger partial charge in [-0.2, -0.15) is 13.2 Å². The number of alkyl halides is 3. The summed E-state index contributed by atoms with van der Waals surface area (Å²) < 4.78 is 44.6. The summed E-state index contributed by atoms with van der Waals surface area (Å²) in [6, 6.07) is 2.45. The summed E-state index contributed by atoms with van der Waals surface area (Å²) in [6.07, 6.45) is -3.84. The van der Waals surface area contributed by atoms with Crippen LogP contribution < -0.4 is 10.6 Å². The van der Waals surface area contributed by atoms with E-state index in [2.05, 4.69) is 15.6 Å². The summed E-state index contributed by atoms with van der Waals surface area (Å²) >= 11 is 5.82. The van der Waals surface area contributed by atoms with Crippen LogP contribution in [0, 0.1) is 13.8 Å². The second-order valence-electron chi connectivity index (χ2n) is 6.42. The molecule has 30 heavy (non-hydrogen) atoms. The zero-order valence-electron chi connectivity index (χ0n) is 16.7. The first kappa shape index (κ1) is 23.5. The maximum absolute atomic E-state index is 12.6. The van der Waals surface area contributed by atoms with Crippen molar-refractivity contribution in [1.82, 2.24) is 14.9 Å². The van der Waals surface area contributed by atoms with E-state index in [0.29, 0.717) is 17.5 Å². The van der Waals surface area contributed by atoms with Crippen molar-refractivity contribution in [3.63, 3.8) is 0 Å². The topological polar surface area (TPSA) is 85.2 Å². The molecule has 2 aromatic heterocycles. The Kier molecular flexibility index (Phi) is 7.71. The van der Waals surface area contributed by atoms with Gasteiger partial charge in [-0.05, 0) is 32.9 Å². The Hall–Kier alpha value is -2.75. The third-order valence-corrected chi connectivity index (χ3v) is 4.57. The highest BCUT2D eigenvalue weighted by Gasteiger charge is 2.31. The van der Waals surface area contributed by atoms with Crippen molar-refractivity contribution in [2.45, 2.75) is 33.5 Å². The van der Waals surface area contributed by atoms with Gasteiger partial charge in [0, 0.05) is 30.7 Å². The largest absolute Gasteiger partial charge is 0.462 e. The molecule has 0 radical (unpaired) electrons. The molecule has 0 unspecified atom stereocenters. The number of hydrogen-bond acceptors (Lipinski definition) is 5. The van der Waals surface area contributed by atoms with Crippen molar-refractivity contribution in [1.29, 1.82) is 0 Å². The van der Waals surface area contributed by atoms with Gasteiger partial charge in [-0.15, -0.1) is 0 Å². The van der Waals surface area contributed by atoms with Gasteiger partial charge in [-0.1, -0.05) is 11.6 Å². The fraction of sp³-hybridized carbons (Fsp3) is 0.421. The summed E-state index contributed by atoms with van der Waals surface area (Å²) in [4.78, 5) is 27.8. The second kappa shape index (κ2) is 9.84. The number of anilines is 1. The molecule has 0 atom stereocenters. The van der Waals surface area contributed by atoms with Gasteiger partial charge >= 0.3 is 12.1 Å². The molecule has 0 aromatic carbocycles. The molecule has 0 bridgehead atoms. The van der Waals surface area contributed by atoms with E-state index in [-0.39, 0.29) is 43.0 Å². The molecule has 0 saturated carbocycles. The Morgan fingerprint density at radius 2 is 1.93 bits per heavy atom. The highest BCUT2D eigenvalue weighted by molar-refractivity contribution is 6.32. The van der Waals surface area contributed by atoms with Crippen LogP contribution in [0.3, 0.4) is 0 Å². The van der Waals surface area contributed by atoms with E-state index in [1.807, 2.05) is 0 Å². The van der Waals surface area contributed by atoms with Crippen LogP contribution in [-0.2, 0) is 22.3 Å². The van der Waals surface area contributed by atoms with Crippen LogP contribution >= 0.6 is 11.6 Å². The minimum Gasteiger partial charge on any atom is -0.462 e. The lowest BCUT2D eigenvalue weighted by Gasteiger charge is -2.12. The van der Waals surface area contributed by atoms with E-state index in [9.17, 15) is 22.8 Å². The number of ether oxygens (including phenoxy) is 1. The zero-order chi connectivity index (χ0) is 22.5. The minimum absolute atomic E-state index is 0.0103. The third-order valence-electron chi connectivity index (χ3n) is 4.28. The van der Waals surface area contributed by atoms with Crippen molar-refractivity contribution >= 4 is 29.3 Å². The number of hydrogen-bond donors (Lipinski definition) is 2. The van der Waals surface area contributed by atoms with Crippen LogP contribution in [0.1, 0.15) is 34.2 Å². The third kappa shape index (κ3) is 5.88. The molecule has 0 fully saturated rings. The number of nitrogens with zero attached hydrogens (tertiary/aromatic N) is 2. The number of halogens is 4. The fourth-order valence-corrected chi connectivity index (χ4v) is 3.00. The van der Waals surface area contributed by atoms with Crippen molar-refractivity contribution in [3.8, 4) is 0 Å². The van der Waals surface area contributed by atoms with E-state index in [1.165, 1.54) is 0 Å². The van der Waals surface area contributed by atoms with Crippen LogP contribution in [0.5, 0.6) is 0 Å². The predicted molar refractivity (Wildman–Crippen MR) is 106 cm³/mol. The average Bonchev–Trinajstić information content (AvgIpc) is 2.94. The van der Waals surface area contributed by atoms with Gasteiger partial charge < -0.3 is 19.9 Å². The normalized spacial score (nSPS) is 11.3. The van der Waals surface area contributed by atoms with E-state index in [4.69, 9.17) is 16.3 Å². The molecule has 2 N–H and O–H groups in total. The Bertz CT molecular complexity index is 928. The number of carbonyl (C=O) groups is 2. The molecule has 2 aromatic rings. The Balaban J connectivity index is 1.87. The molecule has 0 aliphatic rings. The molecular weight excluding hydrogens is 425 g/mol. The maximum atomic E-state index is 12.6. The molecule has 2 rings (SSSR count). The highest BCUT2D eigenvalue weighted by Crippen LogP contribution is 2.32. The number of amides is 1. The van der Waals surface area contributed by atoms with Gasteiger partial charge in [0.1, 0.15) is 12.4 Å². The highest BCUT2D eigenvalue weighted by atomic mass is 35.5. The van der Waals surface area contributed by atoms with Gasteiger partial charge in [0.2, 0.25) is 5.91 Å². The van der Waals surface area contributed by atoms with Crippen LogP contribution in [0.15, 0.2) is 18.3 Å². The van der Waals surface area contributed by atoms with E-state index in [1.54, 1.807) is 31.4 Å². The van der Waals surface area contributed by atoms with Crippen LogP contribution in [0.25, 0.3) is 0 Å². The lowest BCUT2D eigenvalue weighted by Crippen LogP contribution is -2.32. The summed E-state index contributed by atoms with van der Waals surface area (Å²) in [5, 5.41) is 5.29. The van der Waals surface area contributed by atoms with Gasteiger partial charge in [-0.3, -0.25) is 4.79 Å². The van der Waals surface area contributed by atoms with E-state index >= 15 is 0 Å². The molecule has 0 aliphatic carbocycles. The predicted octanol–water partition coefficient (Wildman–Crippen LogP) is 3.58. The molecule has 7 nitrogen and oxygen atoms in total. The monoisotopic (exact) mass is 446 g/mol. The van der Waals surface area contributed by atoms with Crippen molar-refractivity contribution in [3.05, 3.63) is 45.9 Å². The first-order chi connectivity index (χ1) is 14.0. The van der Waals surface area contributed by atoms with Crippen molar-refractivity contribution < 1.29 is 27.5 Å². The molecule has 0 spiro atoms.